The average Bonchev–Trinajstić information content (AvgIpc) is 3.13. The number of carbonyl (C=O) groups excluding carboxylic acids is 2. The number of rotatable bonds is 6. The summed E-state index contributed by atoms with van der Waals surface area (Å²) in [5.74, 6) is -0.725. The summed E-state index contributed by atoms with van der Waals surface area (Å²) in [7, 11) is 0. The van der Waals surface area contributed by atoms with Crippen molar-refractivity contribution in [1.82, 2.24) is 5.32 Å². The van der Waals surface area contributed by atoms with Crippen LogP contribution in [-0.2, 0) is 9.59 Å². The monoisotopic (exact) mass is 464 g/mol. The number of amides is 1. The largest absolute Gasteiger partial charge is 0.548 e. The molecule has 0 bridgehead atoms. The SMILES string of the molecule is C[C@@H](CCC(=O)NCC(=O)[O-])[C@H]1CC[C@H]2[C@@]3(O)CC[C@H]4C[C@H](O)CC[C@]4(C)[C@@H]3C[C@H](O)[C@]12C. The van der Waals surface area contributed by atoms with Crippen LogP contribution >= 0.6 is 0 Å². The summed E-state index contributed by atoms with van der Waals surface area (Å²) in [5.41, 5.74) is -1.24. The lowest BCUT2D eigenvalue weighted by atomic mass is 9.42. The van der Waals surface area contributed by atoms with Crippen molar-refractivity contribution < 1.29 is 30.0 Å². The van der Waals surface area contributed by atoms with Crippen molar-refractivity contribution in [3.8, 4) is 0 Å². The first kappa shape index (κ1) is 24.9. The van der Waals surface area contributed by atoms with Gasteiger partial charge in [-0.1, -0.05) is 20.8 Å². The Morgan fingerprint density at radius 3 is 2.48 bits per heavy atom. The number of aliphatic hydroxyl groups excluding tert-OH is 2. The van der Waals surface area contributed by atoms with Gasteiger partial charge >= 0.3 is 0 Å². The lowest BCUT2D eigenvalue weighted by molar-refractivity contribution is -0.304. The summed E-state index contributed by atoms with van der Waals surface area (Å²) in [6, 6.07) is 0. The molecule has 0 spiro atoms. The molecule has 33 heavy (non-hydrogen) atoms. The quantitative estimate of drug-likeness (QED) is 0.470. The average molecular weight is 465 g/mol. The number of nitrogens with one attached hydrogen (secondary N) is 1. The third-order valence-corrected chi connectivity index (χ3v) is 10.8. The minimum absolute atomic E-state index is 0.0303. The summed E-state index contributed by atoms with van der Waals surface area (Å²) in [6.07, 6.45) is 6.69. The van der Waals surface area contributed by atoms with Crippen molar-refractivity contribution in [2.24, 2.45) is 40.4 Å². The number of aliphatic carboxylic acids is 1. The van der Waals surface area contributed by atoms with Gasteiger partial charge in [0.2, 0.25) is 5.91 Å². The van der Waals surface area contributed by atoms with Gasteiger partial charge in [0, 0.05) is 11.8 Å². The zero-order chi connectivity index (χ0) is 24.2. The lowest BCUT2D eigenvalue weighted by Crippen LogP contribution is -2.67. The molecule has 4 saturated carbocycles. The number of carbonyl (C=O) groups is 2. The smallest absolute Gasteiger partial charge is 0.220 e. The standard InChI is InChI=1S/C26H43NO6/c1-15(4-7-22(30)27-14-23(31)32)18-5-6-19-25(18,3)21(29)13-20-24(2)10-9-17(28)12-16(24)8-11-26(19,20)33/h15-21,28-29,33H,4-14H2,1-3H3,(H,27,30)(H,31,32)/p-1/t15-,16-,17+,18+,19+,20-,21-,24-,25+,26-/m0/s1. The molecule has 4 aliphatic rings. The molecule has 4 fully saturated rings. The van der Waals surface area contributed by atoms with Crippen LogP contribution in [0.3, 0.4) is 0 Å². The van der Waals surface area contributed by atoms with Gasteiger partial charge in [-0.15, -0.1) is 0 Å². The van der Waals surface area contributed by atoms with Crippen molar-refractivity contribution >= 4 is 11.9 Å². The van der Waals surface area contributed by atoms with Gasteiger partial charge in [-0.05, 0) is 92.8 Å². The van der Waals surface area contributed by atoms with Crippen molar-refractivity contribution in [3.63, 3.8) is 0 Å². The molecule has 0 aliphatic heterocycles. The maximum Gasteiger partial charge on any atom is 0.220 e. The highest BCUT2D eigenvalue weighted by atomic mass is 16.4. The number of fused-ring (bicyclic) bond motifs is 5. The minimum Gasteiger partial charge on any atom is -0.548 e. The number of hydrogen-bond acceptors (Lipinski definition) is 6. The molecule has 0 saturated heterocycles. The van der Waals surface area contributed by atoms with Crippen molar-refractivity contribution in [3.05, 3.63) is 0 Å². The Labute approximate surface area is 197 Å². The highest BCUT2D eigenvalue weighted by Gasteiger charge is 2.69. The normalized spacial score (nSPS) is 47.7. The van der Waals surface area contributed by atoms with E-state index in [1.165, 1.54) is 0 Å². The van der Waals surface area contributed by atoms with E-state index < -0.39 is 29.6 Å². The van der Waals surface area contributed by atoms with Gasteiger partial charge in [0.1, 0.15) is 0 Å². The Morgan fingerprint density at radius 2 is 1.79 bits per heavy atom. The number of carboxylic acids is 1. The molecule has 0 radical (unpaired) electrons. The summed E-state index contributed by atoms with van der Waals surface area (Å²) in [6.45, 7) is 6.09. The fourth-order valence-electron chi connectivity index (χ4n) is 9.03. The molecule has 0 aromatic heterocycles. The van der Waals surface area contributed by atoms with E-state index in [1.807, 2.05) is 0 Å². The number of carboxylic acid groups (broad SMARTS) is 1. The molecular weight excluding hydrogens is 422 g/mol. The zero-order valence-corrected chi connectivity index (χ0v) is 20.4. The van der Waals surface area contributed by atoms with Crippen molar-refractivity contribution in [2.75, 3.05) is 6.54 Å². The van der Waals surface area contributed by atoms with Gasteiger partial charge in [-0.2, -0.15) is 0 Å². The van der Waals surface area contributed by atoms with Crippen LogP contribution in [0.1, 0.15) is 85.0 Å². The van der Waals surface area contributed by atoms with E-state index in [-0.39, 0.29) is 47.5 Å². The summed E-state index contributed by atoms with van der Waals surface area (Å²) < 4.78 is 0. The van der Waals surface area contributed by atoms with Crippen LogP contribution in [0.2, 0.25) is 0 Å². The van der Waals surface area contributed by atoms with Crippen LogP contribution < -0.4 is 10.4 Å². The molecule has 4 aliphatic carbocycles. The predicted octanol–water partition coefficient (Wildman–Crippen LogP) is 1.37. The minimum atomic E-state index is -1.30. The van der Waals surface area contributed by atoms with Gasteiger partial charge in [-0.25, -0.2) is 0 Å². The van der Waals surface area contributed by atoms with Crippen LogP contribution in [0.25, 0.3) is 0 Å². The van der Waals surface area contributed by atoms with Crippen LogP contribution in [0, 0.1) is 40.4 Å². The first-order valence-corrected chi connectivity index (χ1v) is 13.0. The van der Waals surface area contributed by atoms with E-state index in [2.05, 4.69) is 26.1 Å². The molecule has 0 aromatic carbocycles. The van der Waals surface area contributed by atoms with E-state index in [0.29, 0.717) is 18.8 Å². The third kappa shape index (κ3) is 4.02. The highest BCUT2D eigenvalue weighted by molar-refractivity contribution is 5.80. The highest BCUT2D eigenvalue weighted by Crippen LogP contribution is 2.69. The van der Waals surface area contributed by atoms with Crippen LogP contribution in [0.4, 0.5) is 0 Å². The van der Waals surface area contributed by atoms with Gasteiger partial charge in [0.15, 0.2) is 0 Å². The van der Waals surface area contributed by atoms with E-state index in [9.17, 15) is 30.0 Å². The second-order valence-corrected chi connectivity index (χ2v) is 12.2. The van der Waals surface area contributed by atoms with E-state index >= 15 is 0 Å². The molecule has 0 heterocycles. The van der Waals surface area contributed by atoms with E-state index in [1.54, 1.807) is 0 Å². The molecule has 10 atom stereocenters. The number of hydrogen-bond donors (Lipinski definition) is 4. The predicted molar refractivity (Wildman–Crippen MR) is 120 cm³/mol. The van der Waals surface area contributed by atoms with Crippen LogP contribution in [0.15, 0.2) is 0 Å². The van der Waals surface area contributed by atoms with Gasteiger partial charge in [-0.3, -0.25) is 4.79 Å². The molecule has 0 aromatic rings. The second-order valence-electron chi connectivity index (χ2n) is 12.2. The van der Waals surface area contributed by atoms with Crippen LogP contribution in [0.5, 0.6) is 0 Å². The fraction of sp³-hybridized carbons (Fsp3) is 0.923. The van der Waals surface area contributed by atoms with Gasteiger partial charge in [0.25, 0.3) is 0 Å². The molecule has 0 unspecified atom stereocenters. The maximum absolute atomic E-state index is 12.3. The number of aliphatic hydroxyl groups is 3. The lowest BCUT2D eigenvalue weighted by Gasteiger charge is -2.65. The Kier molecular flexibility index (Phi) is 6.64. The Morgan fingerprint density at radius 1 is 1.06 bits per heavy atom. The zero-order valence-electron chi connectivity index (χ0n) is 20.4. The van der Waals surface area contributed by atoms with Crippen molar-refractivity contribution in [1.29, 1.82) is 0 Å². The van der Waals surface area contributed by atoms with E-state index in [0.717, 1.165) is 44.9 Å². The van der Waals surface area contributed by atoms with Gasteiger partial charge in [0.05, 0.1) is 30.3 Å². The van der Waals surface area contributed by atoms with Crippen LogP contribution in [-0.4, -0.2) is 51.5 Å². The summed E-state index contributed by atoms with van der Waals surface area (Å²) in [5, 5.41) is 47.0. The maximum atomic E-state index is 12.3. The molecule has 7 heteroatoms. The van der Waals surface area contributed by atoms with Gasteiger partial charge < -0.3 is 30.5 Å². The molecule has 7 nitrogen and oxygen atoms in total. The second kappa shape index (κ2) is 8.80. The molecule has 188 valence electrons. The molecule has 1 amide bonds. The summed E-state index contributed by atoms with van der Waals surface area (Å²) in [4.78, 5) is 22.6. The van der Waals surface area contributed by atoms with Crippen molar-refractivity contribution in [2.45, 2.75) is 103 Å². The Hall–Kier alpha value is -1.18. The Bertz CT molecular complexity index is 774. The molecular formula is C26H42NO6-. The molecule has 4 N–H and O–H groups in total. The topological polar surface area (TPSA) is 130 Å². The first-order chi connectivity index (χ1) is 15.4. The first-order valence-electron chi connectivity index (χ1n) is 13.0. The third-order valence-electron chi connectivity index (χ3n) is 10.8. The Balaban J connectivity index is 1.50. The molecule has 4 rings (SSSR count). The summed E-state index contributed by atoms with van der Waals surface area (Å²) >= 11 is 0. The van der Waals surface area contributed by atoms with E-state index in [4.69, 9.17) is 0 Å². The fourth-order valence-corrected chi connectivity index (χ4v) is 9.03.